The smallest absolute Gasteiger partial charge is 0.137 e. The normalized spacial score (nSPS) is 10.8. The molecule has 0 saturated heterocycles. The molecule has 0 fully saturated rings. The highest BCUT2D eigenvalue weighted by molar-refractivity contribution is 9.10. The van der Waals surface area contributed by atoms with Gasteiger partial charge in [-0.15, -0.1) is 0 Å². The summed E-state index contributed by atoms with van der Waals surface area (Å²) in [5, 5.41) is 3.26. The molecule has 3 aromatic heterocycles. The summed E-state index contributed by atoms with van der Waals surface area (Å²) < 4.78 is 3.06. The van der Waals surface area contributed by atoms with Crippen molar-refractivity contribution in [3.63, 3.8) is 0 Å². The van der Waals surface area contributed by atoms with E-state index in [4.69, 9.17) is 0 Å². The van der Waals surface area contributed by atoms with E-state index < -0.39 is 0 Å². The molecule has 0 radical (unpaired) electrons. The van der Waals surface area contributed by atoms with Crippen LogP contribution in [-0.4, -0.2) is 14.4 Å². The molecule has 3 rings (SSSR count). The average molecular weight is 317 g/mol. The quantitative estimate of drug-likeness (QED) is 0.805. The van der Waals surface area contributed by atoms with E-state index in [2.05, 4.69) is 54.8 Å². The monoisotopic (exact) mass is 316 g/mol. The molecule has 5 heteroatoms. The number of halogens is 1. The number of aryl methyl sites for hydroxylation is 1. The number of rotatable bonds is 3. The largest absolute Gasteiger partial charge is 0.364 e. The lowest BCUT2D eigenvalue weighted by Gasteiger charge is -2.02. The first-order valence-electron chi connectivity index (χ1n) is 6.01. The number of hydrogen-bond donors (Lipinski definition) is 1. The molecule has 0 spiro atoms. The highest BCUT2D eigenvalue weighted by atomic mass is 79.9. The van der Waals surface area contributed by atoms with E-state index >= 15 is 0 Å². The molecule has 19 heavy (non-hydrogen) atoms. The summed E-state index contributed by atoms with van der Waals surface area (Å²) in [4.78, 5) is 8.84. The molecule has 3 heterocycles. The number of hydrogen-bond acceptors (Lipinski definition) is 3. The van der Waals surface area contributed by atoms with Gasteiger partial charge in [-0.3, -0.25) is 0 Å². The SMILES string of the molecule is Cc1cccc2nc(CNc3ccc(Br)cn3)cn12. The summed E-state index contributed by atoms with van der Waals surface area (Å²) in [5.41, 5.74) is 3.15. The Labute approximate surface area is 119 Å². The Balaban J connectivity index is 1.78. The van der Waals surface area contributed by atoms with Crippen molar-refractivity contribution in [3.05, 3.63) is 58.6 Å². The van der Waals surface area contributed by atoms with E-state index in [-0.39, 0.29) is 0 Å². The first kappa shape index (κ1) is 12.2. The minimum Gasteiger partial charge on any atom is -0.364 e. The van der Waals surface area contributed by atoms with E-state index in [1.54, 1.807) is 6.20 Å². The van der Waals surface area contributed by atoms with Gasteiger partial charge in [0.25, 0.3) is 0 Å². The highest BCUT2D eigenvalue weighted by Gasteiger charge is 2.03. The van der Waals surface area contributed by atoms with Gasteiger partial charge in [-0.2, -0.15) is 0 Å². The third-order valence-electron chi connectivity index (χ3n) is 2.92. The molecule has 0 aliphatic heterocycles. The van der Waals surface area contributed by atoms with Gasteiger partial charge >= 0.3 is 0 Å². The summed E-state index contributed by atoms with van der Waals surface area (Å²) in [5.74, 6) is 0.844. The van der Waals surface area contributed by atoms with Crippen LogP contribution in [0.15, 0.2) is 47.2 Å². The van der Waals surface area contributed by atoms with Gasteiger partial charge in [0.1, 0.15) is 11.5 Å². The first-order valence-corrected chi connectivity index (χ1v) is 6.81. The van der Waals surface area contributed by atoms with Gasteiger partial charge in [-0.05, 0) is 47.1 Å². The van der Waals surface area contributed by atoms with Crippen LogP contribution < -0.4 is 5.32 Å². The number of fused-ring (bicyclic) bond motifs is 1. The van der Waals surface area contributed by atoms with Crippen molar-refractivity contribution in [2.45, 2.75) is 13.5 Å². The molecule has 0 aromatic carbocycles. The molecule has 0 aliphatic rings. The van der Waals surface area contributed by atoms with E-state index in [1.807, 2.05) is 24.3 Å². The van der Waals surface area contributed by atoms with Crippen molar-refractivity contribution in [3.8, 4) is 0 Å². The lowest BCUT2D eigenvalue weighted by Crippen LogP contribution is -2.01. The van der Waals surface area contributed by atoms with Gasteiger partial charge in [-0.25, -0.2) is 9.97 Å². The maximum atomic E-state index is 4.57. The first-order chi connectivity index (χ1) is 9.22. The van der Waals surface area contributed by atoms with Crippen molar-refractivity contribution in [1.29, 1.82) is 0 Å². The number of imidazole rings is 1. The Bertz CT molecular complexity index is 703. The fourth-order valence-corrected chi connectivity index (χ4v) is 2.18. The summed E-state index contributed by atoms with van der Waals surface area (Å²) in [6, 6.07) is 10.00. The molecule has 96 valence electrons. The second kappa shape index (κ2) is 5.01. The van der Waals surface area contributed by atoms with Crippen LogP contribution in [0.1, 0.15) is 11.4 Å². The van der Waals surface area contributed by atoms with Crippen LogP contribution in [-0.2, 0) is 6.54 Å². The topological polar surface area (TPSA) is 42.2 Å². The second-order valence-corrected chi connectivity index (χ2v) is 5.26. The summed E-state index contributed by atoms with van der Waals surface area (Å²) >= 11 is 3.37. The van der Waals surface area contributed by atoms with Crippen LogP contribution in [0.5, 0.6) is 0 Å². The number of pyridine rings is 2. The summed E-state index contributed by atoms with van der Waals surface area (Å²) in [7, 11) is 0. The lowest BCUT2D eigenvalue weighted by atomic mass is 10.4. The Kier molecular flexibility index (Phi) is 3.21. The fourth-order valence-electron chi connectivity index (χ4n) is 1.95. The number of nitrogens with zero attached hydrogens (tertiary/aromatic N) is 3. The van der Waals surface area contributed by atoms with Crippen molar-refractivity contribution in [2.75, 3.05) is 5.32 Å². The molecular formula is C14H13BrN4. The standard InChI is InChI=1S/C14H13BrN4/c1-10-3-2-4-14-18-12(9-19(10)14)8-17-13-6-5-11(15)7-16-13/h2-7,9H,8H2,1H3,(H,16,17). The van der Waals surface area contributed by atoms with E-state index in [0.717, 1.165) is 21.6 Å². The molecule has 0 unspecified atom stereocenters. The third kappa shape index (κ3) is 2.61. The van der Waals surface area contributed by atoms with Gasteiger partial charge in [-0.1, -0.05) is 6.07 Å². The fraction of sp³-hybridized carbons (Fsp3) is 0.143. The zero-order chi connectivity index (χ0) is 13.2. The van der Waals surface area contributed by atoms with E-state index in [0.29, 0.717) is 6.54 Å². The Morgan fingerprint density at radius 1 is 1.26 bits per heavy atom. The lowest BCUT2D eigenvalue weighted by molar-refractivity contribution is 1.05. The van der Waals surface area contributed by atoms with Crippen LogP contribution >= 0.6 is 15.9 Å². The van der Waals surface area contributed by atoms with Crippen LogP contribution in [0.3, 0.4) is 0 Å². The maximum absolute atomic E-state index is 4.57. The molecular weight excluding hydrogens is 304 g/mol. The van der Waals surface area contributed by atoms with Crippen molar-refractivity contribution < 1.29 is 0 Å². The van der Waals surface area contributed by atoms with Crippen LogP contribution in [0.2, 0.25) is 0 Å². The Hall–Kier alpha value is -1.88. The van der Waals surface area contributed by atoms with Gasteiger partial charge in [0.2, 0.25) is 0 Å². The molecule has 0 amide bonds. The number of nitrogens with one attached hydrogen (secondary N) is 1. The van der Waals surface area contributed by atoms with Crippen LogP contribution in [0.4, 0.5) is 5.82 Å². The molecule has 4 nitrogen and oxygen atoms in total. The van der Waals surface area contributed by atoms with Crippen LogP contribution in [0, 0.1) is 6.92 Å². The van der Waals surface area contributed by atoms with Crippen molar-refractivity contribution in [1.82, 2.24) is 14.4 Å². The zero-order valence-corrected chi connectivity index (χ0v) is 12.1. The molecule has 0 atom stereocenters. The van der Waals surface area contributed by atoms with Gasteiger partial charge < -0.3 is 9.72 Å². The number of anilines is 1. The molecule has 0 aliphatic carbocycles. The molecule has 0 saturated carbocycles. The third-order valence-corrected chi connectivity index (χ3v) is 3.39. The summed E-state index contributed by atoms with van der Waals surface area (Å²) in [6.45, 7) is 2.73. The van der Waals surface area contributed by atoms with Gasteiger partial charge in [0.15, 0.2) is 0 Å². The van der Waals surface area contributed by atoms with Crippen molar-refractivity contribution in [2.24, 2.45) is 0 Å². The average Bonchev–Trinajstić information content (AvgIpc) is 2.83. The molecule has 1 N–H and O–H groups in total. The summed E-state index contributed by atoms with van der Waals surface area (Å²) in [6.07, 6.45) is 3.83. The predicted molar refractivity (Wildman–Crippen MR) is 79.2 cm³/mol. The van der Waals surface area contributed by atoms with E-state index in [9.17, 15) is 0 Å². The van der Waals surface area contributed by atoms with Crippen molar-refractivity contribution >= 4 is 27.4 Å². The zero-order valence-electron chi connectivity index (χ0n) is 10.5. The maximum Gasteiger partial charge on any atom is 0.137 e. The second-order valence-electron chi connectivity index (χ2n) is 4.34. The highest BCUT2D eigenvalue weighted by Crippen LogP contribution is 2.12. The minimum absolute atomic E-state index is 0.662. The Morgan fingerprint density at radius 3 is 2.89 bits per heavy atom. The van der Waals surface area contributed by atoms with Gasteiger partial charge in [0.05, 0.1) is 12.2 Å². The molecule has 0 bridgehead atoms. The Morgan fingerprint density at radius 2 is 2.16 bits per heavy atom. The van der Waals surface area contributed by atoms with Gasteiger partial charge in [0, 0.05) is 22.6 Å². The van der Waals surface area contributed by atoms with Crippen LogP contribution in [0.25, 0.3) is 5.65 Å². The van der Waals surface area contributed by atoms with E-state index in [1.165, 1.54) is 5.69 Å². The minimum atomic E-state index is 0.662. The number of aromatic nitrogens is 3. The molecule has 3 aromatic rings. The predicted octanol–water partition coefficient (Wildman–Crippen LogP) is 3.41.